The zero-order chi connectivity index (χ0) is 24.1. The summed E-state index contributed by atoms with van der Waals surface area (Å²) in [5.41, 5.74) is 3.92. The quantitative estimate of drug-likeness (QED) is 0.328. The number of aryl methyl sites for hydroxylation is 1. The minimum absolute atomic E-state index is 0.0272. The highest BCUT2D eigenvalue weighted by Gasteiger charge is 2.29. The topological polar surface area (TPSA) is 87.3 Å². The molecule has 35 heavy (non-hydrogen) atoms. The monoisotopic (exact) mass is 460 g/mol. The number of carbonyl (C=O) groups is 2. The third-order valence-electron chi connectivity index (χ3n) is 6.48. The van der Waals surface area contributed by atoms with Gasteiger partial charge in [-0.2, -0.15) is 0 Å². The molecular weight excluding hydrogens is 440 g/mol. The van der Waals surface area contributed by atoms with Crippen LogP contribution in [0.3, 0.4) is 0 Å². The Labute approximate surface area is 200 Å². The van der Waals surface area contributed by atoms with Crippen LogP contribution in [0, 0.1) is 0 Å². The van der Waals surface area contributed by atoms with Crippen LogP contribution in [0.4, 0.5) is 11.4 Å². The first-order chi connectivity index (χ1) is 17.0. The SMILES string of the molecule is Cn1c(O)c(N=NC(=O)c2ccc(CN3C(=O)c4cccc5cccc3c45)cc2)c2ccccc21. The van der Waals surface area contributed by atoms with Gasteiger partial charge in [-0.3, -0.25) is 9.59 Å². The molecule has 2 heterocycles. The number of hydrogen-bond donors (Lipinski definition) is 1. The van der Waals surface area contributed by atoms with E-state index in [9.17, 15) is 14.7 Å². The normalized spacial score (nSPS) is 12.9. The van der Waals surface area contributed by atoms with Crippen LogP contribution in [0.15, 0.2) is 95.2 Å². The first-order valence-corrected chi connectivity index (χ1v) is 11.2. The molecule has 1 aromatic heterocycles. The Bertz CT molecular complexity index is 1680. The van der Waals surface area contributed by atoms with Crippen molar-refractivity contribution in [3.05, 3.63) is 102 Å². The van der Waals surface area contributed by atoms with Crippen molar-refractivity contribution in [3.8, 4) is 5.88 Å². The number of para-hydroxylation sites is 1. The van der Waals surface area contributed by atoms with Crippen molar-refractivity contribution < 1.29 is 14.7 Å². The van der Waals surface area contributed by atoms with E-state index in [-0.39, 0.29) is 17.5 Å². The Balaban J connectivity index is 1.23. The van der Waals surface area contributed by atoms with Gasteiger partial charge in [0.25, 0.3) is 11.8 Å². The van der Waals surface area contributed by atoms with Crippen LogP contribution >= 0.6 is 0 Å². The van der Waals surface area contributed by atoms with E-state index in [4.69, 9.17) is 0 Å². The lowest BCUT2D eigenvalue weighted by Gasteiger charge is -2.18. The molecule has 0 bridgehead atoms. The van der Waals surface area contributed by atoms with Crippen molar-refractivity contribution in [2.45, 2.75) is 6.54 Å². The fourth-order valence-electron chi connectivity index (χ4n) is 4.68. The van der Waals surface area contributed by atoms with Crippen LogP contribution in [0.1, 0.15) is 26.3 Å². The molecule has 0 spiro atoms. The highest BCUT2D eigenvalue weighted by atomic mass is 16.3. The van der Waals surface area contributed by atoms with Crippen molar-refractivity contribution in [3.63, 3.8) is 0 Å². The third kappa shape index (κ3) is 3.28. The molecule has 6 rings (SSSR count). The molecule has 1 aliphatic heterocycles. The maximum absolute atomic E-state index is 13.0. The Morgan fingerprint density at radius 3 is 2.46 bits per heavy atom. The second-order valence-corrected chi connectivity index (χ2v) is 8.52. The van der Waals surface area contributed by atoms with Crippen LogP contribution in [0.5, 0.6) is 5.88 Å². The first-order valence-electron chi connectivity index (χ1n) is 11.2. The molecule has 7 heteroatoms. The van der Waals surface area contributed by atoms with Gasteiger partial charge in [-0.1, -0.05) is 54.6 Å². The van der Waals surface area contributed by atoms with Crippen molar-refractivity contribution in [2.24, 2.45) is 17.3 Å². The number of benzene rings is 4. The molecule has 0 aliphatic carbocycles. The predicted molar refractivity (Wildman–Crippen MR) is 134 cm³/mol. The second-order valence-electron chi connectivity index (χ2n) is 8.52. The van der Waals surface area contributed by atoms with Gasteiger partial charge in [0, 0.05) is 28.9 Å². The summed E-state index contributed by atoms with van der Waals surface area (Å²) in [6, 6.07) is 26.0. The van der Waals surface area contributed by atoms with Crippen LogP contribution in [0.2, 0.25) is 0 Å². The zero-order valence-corrected chi connectivity index (χ0v) is 18.8. The van der Waals surface area contributed by atoms with Crippen LogP contribution < -0.4 is 4.90 Å². The maximum Gasteiger partial charge on any atom is 0.295 e. The molecule has 5 aromatic rings. The lowest BCUT2D eigenvalue weighted by atomic mass is 10.1. The number of azo groups is 1. The lowest BCUT2D eigenvalue weighted by Crippen LogP contribution is -2.26. The number of fused-ring (bicyclic) bond motifs is 1. The van der Waals surface area contributed by atoms with Crippen LogP contribution in [-0.4, -0.2) is 21.5 Å². The summed E-state index contributed by atoms with van der Waals surface area (Å²) in [5, 5.41) is 21.0. The standard InChI is InChI=1S/C28H20N4O3/c1-31-22-10-3-2-8-20(22)25(28(31)35)29-30-26(33)19-14-12-17(13-15-19)16-32-23-11-5-7-18-6-4-9-21(24(18)23)27(32)34/h2-15,35H,16H2,1H3. The molecule has 0 saturated carbocycles. The van der Waals surface area contributed by atoms with Crippen molar-refractivity contribution in [2.75, 3.05) is 4.90 Å². The molecule has 0 fully saturated rings. The molecule has 0 saturated heterocycles. The molecule has 1 N–H and O–H groups in total. The van der Waals surface area contributed by atoms with E-state index in [2.05, 4.69) is 10.2 Å². The summed E-state index contributed by atoms with van der Waals surface area (Å²) in [6.45, 7) is 0.395. The van der Waals surface area contributed by atoms with Crippen LogP contribution in [-0.2, 0) is 13.6 Å². The van der Waals surface area contributed by atoms with Gasteiger partial charge in [-0.15, -0.1) is 10.2 Å². The first kappa shape index (κ1) is 20.8. The summed E-state index contributed by atoms with van der Waals surface area (Å²) < 4.78 is 1.60. The number of aromatic nitrogens is 1. The number of hydrogen-bond acceptors (Lipinski definition) is 4. The number of anilines is 1. The highest BCUT2D eigenvalue weighted by molar-refractivity contribution is 6.24. The molecule has 0 atom stereocenters. The van der Waals surface area contributed by atoms with Gasteiger partial charge in [-0.05, 0) is 41.3 Å². The average molecular weight is 460 g/mol. The van der Waals surface area contributed by atoms with Gasteiger partial charge >= 0.3 is 0 Å². The summed E-state index contributed by atoms with van der Waals surface area (Å²) in [5.74, 6) is -0.594. The Morgan fingerprint density at radius 2 is 1.66 bits per heavy atom. The van der Waals surface area contributed by atoms with E-state index in [1.807, 2.05) is 72.8 Å². The fourth-order valence-corrected chi connectivity index (χ4v) is 4.68. The van der Waals surface area contributed by atoms with Gasteiger partial charge in [-0.25, -0.2) is 0 Å². The van der Waals surface area contributed by atoms with Gasteiger partial charge < -0.3 is 14.6 Å². The van der Waals surface area contributed by atoms with E-state index in [0.717, 1.165) is 27.5 Å². The Hall–Kier alpha value is -4.78. The summed E-state index contributed by atoms with van der Waals surface area (Å²) in [4.78, 5) is 27.4. The van der Waals surface area contributed by atoms with Gasteiger partial charge in [0.1, 0.15) is 0 Å². The maximum atomic E-state index is 13.0. The second kappa shape index (κ2) is 7.92. The molecule has 2 amide bonds. The minimum atomic E-state index is -0.515. The number of amides is 2. The average Bonchev–Trinajstić information content (AvgIpc) is 3.30. The Morgan fingerprint density at radius 1 is 0.914 bits per heavy atom. The summed E-state index contributed by atoms with van der Waals surface area (Å²) >= 11 is 0. The number of carbonyl (C=O) groups excluding carboxylic acids is 2. The van der Waals surface area contributed by atoms with E-state index in [1.54, 1.807) is 28.6 Å². The van der Waals surface area contributed by atoms with Gasteiger partial charge in [0.15, 0.2) is 5.69 Å². The van der Waals surface area contributed by atoms with Gasteiger partial charge in [0.2, 0.25) is 5.88 Å². The van der Waals surface area contributed by atoms with E-state index in [0.29, 0.717) is 23.1 Å². The van der Waals surface area contributed by atoms with Gasteiger partial charge in [0.05, 0.1) is 17.7 Å². The predicted octanol–water partition coefficient (Wildman–Crippen LogP) is 6.12. The molecule has 4 aromatic carbocycles. The lowest BCUT2D eigenvalue weighted by molar-refractivity contribution is 0.0984. The molecule has 0 unspecified atom stereocenters. The largest absolute Gasteiger partial charge is 0.493 e. The molecule has 7 nitrogen and oxygen atoms in total. The Kier molecular flexibility index (Phi) is 4.70. The number of aromatic hydroxyl groups is 1. The summed E-state index contributed by atoms with van der Waals surface area (Å²) in [6.07, 6.45) is 0. The van der Waals surface area contributed by atoms with Crippen molar-refractivity contribution >= 4 is 44.9 Å². The van der Waals surface area contributed by atoms with E-state index in [1.165, 1.54) is 0 Å². The third-order valence-corrected chi connectivity index (χ3v) is 6.48. The minimum Gasteiger partial charge on any atom is -0.493 e. The van der Waals surface area contributed by atoms with Crippen molar-refractivity contribution in [1.29, 1.82) is 0 Å². The molecule has 1 aliphatic rings. The number of nitrogens with zero attached hydrogens (tertiary/aromatic N) is 4. The smallest absolute Gasteiger partial charge is 0.295 e. The van der Waals surface area contributed by atoms with E-state index >= 15 is 0 Å². The van der Waals surface area contributed by atoms with E-state index < -0.39 is 5.91 Å². The highest BCUT2D eigenvalue weighted by Crippen LogP contribution is 2.39. The fraction of sp³-hybridized carbons (Fsp3) is 0.0714. The summed E-state index contributed by atoms with van der Waals surface area (Å²) in [7, 11) is 1.72. The zero-order valence-electron chi connectivity index (χ0n) is 18.8. The van der Waals surface area contributed by atoms with Crippen LogP contribution in [0.25, 0.3) is 21.7 Å². The number of rotatable bonds is 4. The molecule has 0 radical (unpaired) electrons. The van der Waals surface area contributed by atoms with Crippen molar-refractivity contribution in [1.82, 2.24) is 4.57 Å². The molecular formula is C28H20N4O3. The molecule has 170 valence electrons.